The minimum atomic E-state index is -0.367. The van der Waals surface area contributed by atoms with Crippen molar-refractivity contribution in [2.75, 3.05) is 14.2 Å². The number of ether oxygens (including phenoxy) is 2. The van der Waals surface area contributed by atoms with Crippen LogP contribution in [-0.4, -0.2) is 26.1 Å². The van der Waals surface area contributed by atoms with Gasteiger partial charge in [0.25, 0.3) is 0 Å². The van der Waals surface area contributed by atoms with E-state index in [1.54, 1.807) is 19.2 Å². The standard InChI is InChI=1S/C24H27NO4/c1-28-22-10-6-4-8-20(22)15-19-7-3-5-9-21(19)23(26)25-16-17-11-13-18(14-12-17)24(27)29-2/h4,6,8,10-14H,3,5,7,9,15-16H2,1-2H3,(H,25,26). The SMILES string of the molecule is COC(=O)c1ccc(CNC(=O)C2=C(Cc3ccccc3OC)CCCC2)cc1. The molecule has 0 spiro atoms. The van der Waals surface area contributed by atoms with Gasteiger partial charge >= 0.3 is 5.97 Å². The molecule has 0 aromatic heterocycles. The van der Waals surface area contributed by atoms with Crippen LogP contribution in [0.25, 0.3) is 0 Å². The summed E-state index contributed by atoms with van der Waals surface area (Å²) in [4.78, 5) is 24.4. The molecule has 0 saturated heterocycles. The van der Waals surface area contributed by atoms with E-state index in [4.69, 9.17) is 9.47 Å². The number of hydrogen-bond donors (Lipinski definition) is 1. The lowest BCUT2D eigenvalue weighted by atomic mass is 9.87. The molecule has 0 aliphatic heterocycles. The number of hydrogen-bond acceptors (Lipinski definition) is 4. The first kappa shape index (κ1) is 20.6. The van der Waals surface area contributed by atoms with Gasteiger partial charge in [-0.25, -0.2) is 4.79 Å². The topological polar surface area (TPSA) is 64.6 Å². The van der Waals surface area contributed by atoms with Gasteiger partial charge in [0.2, 0.25) is 5.91 Å². The van der Waals surface area contributed by atoms with Crippen molar-refractivity contribution in [3.8, 4) is 5.75 Å². The molecule has 29 heavy (non-hydrogen) atoms. The molecule has 5 heteroatoms. The average molecular weight is 393 g/mol. The van der Waals surface area contributed by atoms with Gasteiger partial charge in [0.15, 0.2) is 0 Å². The number of esters is 1. The third-order valence-corrected chi connectivity index (χ3v) is 5.28. The minimum absolute atomic E-state index is 0.00774. The van der Waals surface area contributed by atoms with Gasteiger partial charge in [-0.15, -0.1) is 0 Å². The van der Waals surface area contributed by atoms with Gasteiger partial charge in [0.05, 0.1) is 19.8 Å². The van der Waals surface area contributed by atoms with Crippen LogP contribution < -0.4 is 10.1 Å². The number of amides is 1. The summed E-state index contributed by atoms with van der Waals surface area (Å²) in [5, 5.41) is 3.03. The smallest absolute Gasteiger partial charge is 0.337 e. The molecule has 1 aliphatic rings. The Bertz CT molecular complexity index is 899. The number of para-hydroxylation sites is 1. The zero-order valence-electron chi connectivity index (χ0n) is 17.0. The largest absolute Gasteiger partial charge is 0.496 e. The Morgan fingerprint density at radius 3 is 2.41 bits per heavy atom. The second-order valence-electron chi connectivity index (χ2n) is 7.15. The molecule has 152 valence electrons. The number of carbonyl (C=O) groups excluding carboxylic acids is 2. The van der Waals surface area contributed by atoms with Crippen LogP contribution in [0.4, 0.5) is 0 Å². The number of benzene rings is 2. The fourth-order valence-electron chi connectivity index (χ4n) is 3.68. The number of carbonyl (C=O) groups is 2. The van der Waals surface area contributed by atoms with Gasteiger partial charge in [-0.2, -0.15) is 0 Å². The van der Waals surface area contributed by atoms with Crippen molar-refractivity contribution >= 4 is 11.9 Å². The van der Waals surface area contributed by atoms with Crippen molar-refractivity contribution in [2.24, 2.45) is 0 Å². The summed E-state index contributed by atoms with van der Waals surface area (Å²) in [6.45, 7) is 0.422. The van der Waals surface area contributed by atoms with Crippen molar-refractivity contribution in [1.29, 1.82) is 0 Å². The summed E-state index contributed by atoms with van der Waals surface area (Å²) >= 11 is 0. The van der Waals surface area contributed by atoms with Gasteiger partial charge < -0.3 is 14.8 Å². The van der Waals surface area contributed by atoms with Gasteiger partial charge in [-0.3, -0.25) is 4.79 Å². The first-order chi connectivity index (χ1) is 14.1. The first-order valence-corrected chi connectivity index (χ1v) is 9.90. The summed E-state index contributed by atoms with van der Waals surface area (Å²) < 4.78 is 10.2. The second-order valence-corrected chi connectivity index (χ2v) is 7.15. The molecule has 0 unspecified atom stereocenters. The minimum Gasteiger partial charge on any atom is -0.496 e. The molecule has 2 aromatic carbocycles. The van der Waals surface area contributed by atoms with Crippen molar-refractivity contribution in [2.45, 2.75) is 38.6 Å². The van der Waals surface area contributed by atoms with Crippen LogP contribution >= 0.6 is 0 Å². The molecular formula is C24H27NO4. The van der Waals surface area contributed by atoms with Crippen LogP contribution in [-0.2, 0) is 22.5 Å². The first-order valence-electron chi connectivity index (χ1n) is 9.90. The average Bonchev–Trinajstić information content (AvgIpc) is 2.78. The van der Waals surface area contributed by atoms with Crippen molar-refractivity contribution in [3.63, 3.8) is 0 Å². The molecule has 0 fully saturated rings. The third kappa shape index (κ3) is 5.25. The highest BCUT2D eigenvalue weighted by atomic mass is 16.5. The second kappa shape index (κ2) is 9.92. The third-order valence-electron chi connectivity index (χ3n) is 5.28. The van der Waals surface area contributed by atoms with Crippen LogP contribution in [0, 0.1) is 0 Å². The van der Waals surface area contributed by atoms with E-state index >= 15 is 0 Å². The van der Waals surface area contributed by atoms with E-state index in [9.17, 15) is 9.59 Å². The quantitative estimate of drug-likeness (QED) is 0.716. The normalized spacial score (nSPS) is 13.7. The number of nitrogens with one attached hydrogen (secondary N) is 1. The maximum absolute atomic E-state index is 12.9. The highest BCUT2D eigenvalue weighted by Crippen LogP contribution is 2.30. The van der Waals surface area contributed by atoms with E-state index < -0.39 is 0 Å². The Labute approximate surface area is 171 Å². The van der Waals surface area contributed by atoms with Crippen LogP contribution in [0.5, 0.6) is 5.75 Å². The molecule has 1 N–H and O–H groups in total. The molecular weight excluding hydrogens is 366 g/mol. The van der Waals surface area contributed by atoms with Crippen molar-refractivity contribution < 1.29 is 19.1 Å². The summed E-state index contributed by atoms with van der Waals surface area (Å²) in [7, 11) is 3.03. The van der Waals surface area contributed by atoms with Crippen LogP contribution in [0.1, 0.15) is 47.2 Å². The molecule has 1 aliphatic carbocycles. The van der Waals surface area contributed by atoms with Crippen LogP contribution in [0.2, 0.25) is 0 Å². The predicted molar refractivity (Wildman–Crippen MR) is 112 cm³/mol. The fraction of sp³-hybridized carbons (Fsp3) is 0.333. The molecule has 1 amide bonds. The summed E-state index contributed by atoms with van der Waals surface area (Å²) in [6, 6.07) is 15.0. The molecule has 0 heterocycles. The molecule has 0 atom stereocenters. The van der Waals surface area contributed by atoms with E-state index in [-0.39, 0.29) is 11.9 Å². The molecule has 2 aromatic rings. The summed E-state index contributed by atoms with van der Waals surface area (Å²) in [5.41, 5.74) is 4.63. The molecule has 0 saturated carbocycles. The number of rotatable bonds is 7. The van der Waals surface area contributed by atoms with E-state index in [1.807, 2.05) is 30.3 Å². The van der Waals surface area contributed by atoms with Crippen LogP contribution in [0.3, 0.4) is 0 Å². The van der Waals surface area contributed by atoms with Gasteiger partial charge in [-0.1, -0.05) is 35.9 Å². The lowest BCUT2D eigenvalue weighted by Gasteiger charge is -2.21. The van der Waals surface area contributed by atoms with E-state index in [0.29, 0.717) is 12.1 Å². The predicted octanol–water partition coefficient (Wildman–Crippen LogP) is 4.21. The Balaban J connectivity index is 1.69. The van der Waals surface area contributed by atoms with Gasteiger partial charge in [0, 0.05) is 12.1 Å². The maximum atomic E-state index is 12.9. The maximum Gasteiger partial charge on any atom is 0.337 e. The summed E-state index contributed by atoms with van der Waals surface area (Å²) in [6.07, 6.45) is 4.62. The lowest BCUT2D eigenvalue weighted by molar-refractivity contribution is -0.118. The van der Waals surface area contributed by atoms with E-state index in [2.05, 4.69) is 11.4 Å². The van der Waals surface area contributed by atoms with Gasteiger partial charge in [-0.05, 0) is 61.4 Å². The molecule has 5 nitrogen and oxygen atoms in total. The monoisotopic (exact) mass is 393 g/mol. The lowest BCUT2D eigenvalue weighted by Crippen LogP contribution is -2.27. The van der Waals surface area contributed by atoms with Gasteiger partial charge in [0.1, 0.15) is 5.75 Å². The van der Waals surface area contributed by atoms with E-state index in [1.165, 1.54) is 12.7 Å². The highest BCUT2D eigenvalue weighted by Gasteiger charge is 2.20. The molecule has 3 rings (SSSR count). The fourth-order valence-corrected chi connectivity index (χ4v) is 3.68. The van der Waals surface area contributed by atoms with Crippen LogP contribution in [0.15, 0.2) is 59.7 Å². The zero-order valence-corrected chi connectivity index (χ0v) is 17.0. The Kier molecular flexibility index (Phi) is 7.06. The number of methoxy groups -OCH3 is 2. The Hall–Kier alpha value is -3.08. The Morgan fingerprint density at radius 1 is 0.966 bits per heavy atom. The summed E-state index contributed by atoms with van der Waals surface area (Å²) in [5.74, 6) is 0.483. The highest BCUT2D eigenvalue weighted by molar-refractivity contribution is 5.94. The number of allylic oxidation sites excluding steroid dienone is 1. The van der Waals surface area contributed by atoms with E-state index in [0.717, 1.165) is 54.6 Å². The molecule has 0 bridgehead atoms. The zero-order chi connectivity index (χ0) is 20.6. The van der Waals surface area contributed by atoms with Crippen molar-refractivity contribution in [1.82, 2.24) is 5.32 Å². The molecule has 0 radical (unpaired) electrons. The Morgan fingerprint density at radius 2 is 1.69 bits per heavy atom. The van der Waals surface area contributed by atoms with Crippen molar-refractivity contribution in [3.05, 3.63) is 76.4 Å².